The molecule has 1 rings (SSSR count). The number of rotatable bonds is 2. The standard InChI is InChI=1S/C8H9NO2S/c1-7-5-3-2-4-6-8(7)9-12(10)11/h4,6,9H,5H2,1H3,(H,10,11). The van der Waals surface area contributed by atoms with Crippen LogP contribution in [-0.4, -0.2) is 8.76 Å². The van der Waals surface area contributed by atoms with Gasteiger partial charge in [-0.1, -0.05) is 11.8 Å². The second kappa shape index (κ2) is 4.10. The first kappa shape index (κ1) is 9.04. The summed E-state index contributed by atoms with van der Waals surface area (Å²) in [6.07, 6.45) is 3.99. The van der Waals surface area contributed by atoms with E-state index >= 15 is 0 Å². The zero-order chi connectivity index (χ0) is 8.97. The topological polar surface area (TPSA) is 49.3 Å². The Bertz CT molecular complexity index is 320. The van der Waals surface area contributed by atoms with E-state index in [1.54, 1.807) is 12.2 Å². The first-order valence-corrected chi connectivity index (χ1v) is 4.53. The predicted molar refractivity (Wildman–Crippen MR) is 48.1 cm³/mol. The highest BCUT2D eigenvalue weighted by molar-refractivity contribution is 7.77. The number of hydrogen-bond acceptors (Lipinski definition) is 1. The highest BCUT2D eigenvalue weighted by Gasteiger charge is 2.01. The molecular weight excluding hydrogens is 174 g/mol. The van der Waals surface area contributed by atoms with Crippen molar-refractivity contribution in [2.45, 2.75) is 13.3 Å². The smallest absolute Gasteiger partial charge is 0.259 e. The van der Waals surface area contributed by atoms with Crippen molar-refractivity contribution < 1.29 is 8.76 Å². The minimum Gasteiger partial charge on any atom is -0.289 e. The normalized spacial score (nSPS) is 17.8. The van der Waals surface area contributed by atoms with Crippen molar-refractivity contribution in [3.8, 4) is 11.8 Å². The summed E-state index contributed by atoms with van der Waals surface area (Å²) in [4.78, 5) is 0. The van der Waals surface area contributed by atoms with Crippen molar-refractivity contribution in [2.75, 3.05) is 0 Å². The second-order valence-corrected chi connectivity index (χ2v) is 3.08. The molecule has 0 radical (unpaired) electrons. The maximum atomic E-state index is 10.4. The van der Waals surface area contributed by atoms with E-state index in [0.717, 1.165) is 5.57 Å². The van der Waals surface area contributed by atoms with Gasteiger partial charge in [0.1, 0.15) is 0 Å². The van der Waals surface area contributed by atoms with E-state index in [-0.39, 0.29) is 0 Å². The van der Waals surface area contributed by atoms with E-state index in [4.69, 9.17) is 4.55 Å². The molecule has 0 aromatic heterocycles. The molecule has 0 heterocycles. The van der Waals surface area contributed by atoms with Crippen LogP contribution in [0.25, 0.3) is 0 Å². The van der Waals surface area contributed by atoms with Gasteiger partial charge in [-0.3, -0.25) is 9.27 Å². The van der Waals surface area contributed by atoms with E-state index in [1.165, 1.54) is 0 Å². The summed E-state index contributed by atoms with van der Waals surface area (Å²) >= 11 is -2.01. The highest BCUT2D eigenvalue weighted by Crippen LogP contribution is 2.08. The van der Waals surface area contributed by atoms with Crippen LogP contribution in [0, 0.1) is 11.8 Å². The third-order valence-corrected chi connectivity index (χ3v) is 1.84. The Labute approximate surface area is 74.0 Å². The predicted octanol–water partition coefficient (Wildman–Crippen LogP) is 0.950. The summed E-state index contributed by atoms with van der Waals surface area (Å²) in [7, 11) is 0. The van der Waals surface area contributed by atoms with Gasteiger partial charge in [0, 0.05) is 12.1 Å². The van der Waals surface area contributed by atoms with Crippen LogP contribution in [0.4, 0.5) is 0 Å². The lowest BCUT2D eigenvalue weighted by Gasteiger charge is -2.04. The van der Waals surface area contributed by atoms with Crippen LogP contribution in [-0.2, 0) is 11.3 Å². The molecule has 0 saturated heterocycles. The quantitative estimate of drug-likeness (QED) is 0.494. The van der Waals surface area contributed by atoms with Gasteiger partial charge in [-0.15, -0.1) is 0 Å². The van der Waals surface area contributed by atoms with Crippen LogP contribution in [0.3, 0.4) is 0 Å². The molecule has 0 aromatic rings. The minimum atomic E-state index is -2.01. The molecule has 4 heteroatoms. The molecule has 1 unspecified atom stereocenters. The van der Waals surface area contributed by atoms with Crippen molar-refractivity contribution in [1.29, 1.82) is 0 Å². The van der Waals surface area contributed by atoms with Gasteiger partial charge in [-0.2, -0.15) is 0 Å². The summed E-state index contributed by atoms with van der Waals surface area (Å²) in [6.45, 7) is 1.87. The Hall–Kier alpha value is -1.05. The summed E-state index contributed by atoms with van der Waals surface area (Å²) < 4.78 is 21.4. The molecular formula is C8H9NO2S. The largest absolute Gasteiger partial charge is 0.289 e. The lowest BCUT2D eigenvalue weighted by atomic mass is 10.2. The van der Waals surface area contributed by atoms with Crippen molar-refractivity contribution in [1.82, 2.24) is 4.72 Å². The van der Waals surface area contributed by atoms with Gasteiger partial charge in [0.25, 0.3) is 11.3 Å². The zero-order valence-electron chi connectivity index (χ0n) is 6.63. The molecule has 0 amide bonds. The zero-order valence-corrected chi connectivity index (χ0v) is 7.44. The lowest BCUT2D eigenvalue weighted by molar-refractivity contribution is 0.556. The van der Waals surface area contributed by atoms with Crippen LogP contribution >= 0.6 is 0 Å². The van der Waals surface area contributed by atoms with Gasteiger partial charge >= 0.3 is 0 Å². The minimum absolute atomic E-state index is 0.631. The summed E-state index contributed by atoms with van der Waals surface area (Å²) in [5.41, 5.74) is 1.63. The van der Waals surface area contributed by atoms with Gasteiger partial charge < -0.3 is 0 Å². The van der Waals surface area contributed by atoms with E-state index in [0.29, 0.717) is 12.1 Å². The number of allylic oxidation sites excluding steroid dienone is 3. The van der Waals surface area contributed by atoms with Crippen LogP contribution < -0.4 is 4.72 Å². The highest BCUT2D eigenvalue weighted by atomic mass is 32.2. The van der Waals surface area contributed by atoms with Crippen LogP contribution in [0.5, 0.6) is 0 Å². The van der Waals surface area contributed by atoms with Gasteiger partial charge in [0.05, 0.1) is 0 Å². The first-order chi connectivity index (χ1) is 5.70. The van der Waals surface area contributed by atoms with Crippen molar-refractivity contribution in [2.24, 2.45) is 0 Å². The van der Waals surface area contributed by atoms with Gasteiger partial charge in [-0.25, -0.2) is 4.21 Å². The van der Waals surface area contributed by atoms with Gasteiger partial charge in [0.15, 0.2) is 0 Å². The fraction of sp³-hybridized carbons (Fsp3) is 0.250. The average molecular weight is 183 g/mol. The molecule has 1 aliphatic rings. The Balaban J connectivity index is 2.80. The van der Waals surface area contributed by atoms with E-state index in [1.807, 2.05) is 6.92 Å². The molecule has 3 nitrogen and oxygen atoms in total. The molecule has 1 atom stereocenters. The van der Waals surface area contributed by atoms with Crippen molar-refractivity contribution in [3.63, 3.8) is 0 Å². The second-order valence-electron chi connectivity index (χ2n) is 2.38. The van der Waals surface area contributed by atoms with Crippen LogP contribution in [0.1, 0.15) is 13.3 Å². The Morgan fingerprint density at radius 3 is 3.17 bits per heavy atom. The Morgan fingerprint density at radius 2 is 2.50 bits per heavy atom. The molecule has 2 N–H and O–H groups in total. The lowest BCUT2D eigenvalue weighted by Crippen LogP contribution is -2.15. The number of hydrogen-bond donors (Lipinski definition) is 2. The van der Waals surface area contributed by atoms with Gasteiger partial charge in [-0.05, 0) is 24.6 Å². The Kier molecular flexibility index (Phi) is 3.09. The molecule has 0 spiro atoms. The molecule has 12 heavy (non-hydrogen) atoms. The molecule has 0 aliphatic heterocycles. The van der Waals surface area contributed by atoms with Crippen molar-refractivity contribution in [3.05, 3.63) is 23.4 Å². The Morgan fingerprint density at radius 1 is 1.75 bits per heavy atom. The molecule has 64 valence electrons. The molecule has 0 saturated carbocycles. The summed E-state index contributed by atoms with van der Waals surface area (Å²) in [5.74, 6) is 5.67. The fourth-order valence-electron chi connectivity index (χ4n) is 0.820. The summed E-state index contributed by atoms with van der Waals surface area (Å²) in [6, 6.07) is 0. The fourth-order valence-corrected chi connectivity index (χ4v) is 1.25. The van der Waals surface area contributed by atoms with E-state index in [2.05, 4.69) is 16.6 Å². The van der Waals surface area contributed by atoms with Crippen LogP contribution in [0.15, 0.2) is 23.4 Å². The third kappa shape index (κ3) is 2.53. The van der Waals surface area contributed by atoms with Gasteiger partial charge in [0.2, 0.25) is 0 Å². The van der Waals surface area contributed by atoms with E-state index < -0.39 is 11.3 Å². The maximum absolute atomic E-state index is 10.4. The average Bonchev–Trinajstić information content (AvgIpc) is 2.16. The molecule has 0 fully saturated rings. The summed E-state index contributed by atoms with van der Waals surface area (Å²) in [5, 5.41) is 0. The van der Waals surface area contributed by atoms with Crippen molar-refractivity contribution >= 4 is 11.3 Å². The number of nitrogens with one attached hydrogen (secondary N) is 1. The van der Waals surface area contributed by atoms with Crippen LogP contribution in [0.2, 0.25) is 0 Å². The molecule has 0 aromatic carbocycles. The maximum Gasteiger partial charge on any atom is 0.259 e. The molecule has 1 aliphatic carbocycles. The van der Waals surface area contributed by atoms with E-state index in [9.17, 15) is 4.21 Å². The monoisotopic (exact) mass is 183 g/mol. The first-order valence-electron chi connectivity index (χ1n) is 3.42. The molecule has 0 bridgehead atoms. The SMILES string of the molecule is CC1=C(NS(=O)O)C=CC#CC1. The third-order valence-electron chi connectivity index (χ3n) is 1.45.